The zero-order valence-corrected chi connectivity index (χ0v) is 18.3. The zero-order chi connectivity index (χ0) is 20.9. The van der Waals surface area contributed by atoms with Gasteiger partial charge in [-0.25, -0.2) is 9.50 Å². The van der Waals surface area contributed by atoms with E-state index in [1.54, 1.807) is 4.52 Å². The van der Waals surface area contributed by atoms with E-state index in [9.17, 15) is 9.59 Å². The van der Waals surface area contributed by atoms with Gasteiger partial charge in [0, 0.05) is 42.7 Å². The Bertz CT molecular complexity index is 981. The number of H-pyrrole nitrogens is 1. The van der Waals surface area contributed by atoms with E-state index >= 15 is 0 Å². The van der Waals surface area contributed by atoms with Gasteiger partial charge in [-0.2, -0.15) is 0 Å². The number of hydrogen-bond acceptors (Lipinski definition) is 4. The largest absolute Gasteiger partial charge is 0.334 e. The number of nitrogens with zero attached hydrogens (tertiary/aromatic N) is 4. The molecule has 1 amide bonds. The van der Waals surface area contributed by atoms with Crippen LogP contribution in [0.25, 0.3) is 5.65 Å². The second-order valence-electron chi connectivity index (χ2n) is 9.82. The molecule has 158 valence electrons. The number of piperidine rings is 1. The van der Waals surface area contributed by atoms with Gasteiger partial charge in [-0.3, -0.25) is 19.6 Å². The van der Waals surface area contributed by atoms with Crippen molar-refractivity contribution >= 4 is 11.6 Å². The number of hydrogen-bond donors (Lipinski definition) is 1. The van der Waals surface area contributed by atoms with E-state index in [0.717, 1.165) is 62.3 Å². The van der Waals surface area contributed by atoms with Gasteiger partial charge >= 0.3 is 0 Å². The molecule has 1 unspecified atom stereocenters. The van der Waals surface area contributed by atoms with Crippen LogP contribution in [0.1, 0.15) is 76.9 Å². The number of rotatable bonds is 2. The van der Waals surface area contributed by atoms with Gasteiger partial charge in [-0.05, 0) is 39.5 Å². The molecule has 0 aliphatic carbocycles. The van der Waals surface area contributed by atoms with Crippen molar-refractivity contribution in [3.63, 3.8) is 0 Å². The van der Waals surface area contributed by atoms with Crippen LogP contribution in [0.15, 0.2) is 10.9 Å². The van der Waals surface area contributed by atoms with Crippen molar-refractivity contribution in [2.45, 2.75) is 78.9 Å². The Balaban J connectivity index is 1.73. The van der Waals surface area contributed by atoms with E-state index in [-0.39, 0.29) is 17.5 Å². The molecule has 1 N–H and O–H groups in total. The van der Waals surface area contributed by atoms with Crippen molar-refractivity contribution in [3.8, 4) is 0 Å². The first-order valence-electron chi connectivity index (χ1n) is 10.9. The molecule has 1 fully saturated rings. The molecule has 0 bridgehead atoms. The molecule has 29 heavy (non-hydrogen) atoms. The van der Waals surface area contributed by atoms with E-state index in [2.05, 4.69) is 23.8 Å². The predicted octanol–water partition coefficient (Wildman–Crippen LogP) is 2.89. The predicted molar refractivity (Wildman–Crippen MR) is 113 cm³/mol. The number of aromatic amines is 1. The van der Waals surface area contributed by atoms with Gasteiger partial charge in [0.25, 0.3) is 5.56 Å². The summed E-state index contributed by atoms with van der Waals surface area (Å²) in [6.45, 7) is 12.6. The second-order valence-corrected chi connectivity index (χ2v) is 9.82. The van der Waals surface area contributed by atoms with Gasteiger partial charge < -0.3 is 4.90 Å². The quantitative estimate of drug-likeness (QED) is 0.843. The van der Waals surface area contributed by atoms with Gasteiger partial charge in [0.05, 0.1) is 17.4 Å². The topological polar surface area (TPSA) is 73.7 Å². The second kappa shape index (κ2) is 7.27. The van der Waals surface area contributed by atoms with Crippen molar-refractivity contribution in [3.05, 3.63) is 33.4 Å². The van der Waals surface area contributed by atoms with Crippen molar-refractivity contribution in [2.75, 3.05) is 13.1 Å². The van der Waals surface area contributed by atoms with Crippen LogP contribution >= 0.6 is 0 Å². The van der Waals surface area contributed by atoms with Crippen LogP contribution < -0.4 is 5.56 Å². The highest BCUT2D eigenvalue weighted by Gasteiger charge is 2.35. The van der Waals surface area contributed by atoms with Crippen molar-refractivity contribution < 1.29 is 4.79 Å². The Hall–Kier alpha value is -2.15. The van der Waals surface area contributed by atoms with Crippen molar-refractivity contribution in [1.82, 2.24) is 24.4 Å². The summed E-state index contributed by atoms with van der Waals surface area (Å²) in [6, 6.07) is 2.37. The monoisotopic (exact) mass is 399 g/mol. The van der Waals surface area contributed by atoms with Crippen LogP contribution in [0, 0.1) is 5.41 Å². The van der Waals surface area contributed by atoms with E-state index in [0.29, 0.717) is 11.7 Å². The minimum Gasteiger partial charge on any atom is -0.334 e. The average Bonchev–Trinajstić information content (AvgIpc) is 3.10. The molecule has 0 radical (unpaired) electrons. The Morgan fingerprint density at radius 2 is 2.00 bits per heavy atom. The summed E-state index contributed by atoms with van der Waals surface area (Å²) in [5.74, 6) is 0.160. The lowest BCUT2D eigenvalue weighted by atomic mass is 9.90. The number of fused-ring (bicyclic) bond motifs is 2. The molecule has 7 heteroatoms. The number of carbonyl (C=O) groups excluding carboxylic acids is 1. The summed E-state index contributed by atoms with van der Waals surface area (Å²) in [6.07, 6.45) is 3.74. The smallest absolute Gasteiger partial charge is 0.276 e. The number of carbonyl (C=O) groups is 1. The molecule has 0 spiro atoms. The summed E-state index contributed by atoms with van der Waals surface area (Å²) >= 11 is 0. The van der Waals surface area contributed by atoms with Gasteiger partial charge in [0.2, 0.25) is 5.91 Å². The van der Waals surface area contributed by atoms with Gasteiger partial charge in [0.1, 0.15) is 0 Å². The number of amides is 1. The van der Waals surface area contributed by atoms with Gasteiger partial charge in [0.15, 0.2) is 5.65 Å². The highest BCUT2D eigenvalue weighted by molar-refractivity contribution is 5.82. The lowest BCUT2D eigenvalue weighted by Crippen LogP contribution is -2.44. The maximum Gasteiger partial charge on any atom is 0.276 e. The SMILES string of the molecule is CC(C)N1CCc2c(nc3cc(C4CCCCN4C(=O)C(C)(C)C)[nH]n3c2=O)C1. The Morgan fingerprint density at radius 1 is 1.24 bits per heavy atom. The van der Waals surface area contributed by atoms with Crippen LogP contribution in [0.2, 0.25) is 0 Å². The van der Waals surface area contributed by atoms with E-state index < -0.39 is 5.41 Å². The number of nitrogens with one attached hydrogen (secondary N) is 1. The zero-order valence-electron chi connectivity index (χ0n) is 18.3. The summed E-state index contributed by atoms with van der Waals surface area (Å²) in [7, 11) is 0. The van der Waals surface area contributed by atoms with Crippen molar-refractivity contribution in [1.29, 1.82) is 0 Å². The lowest BCUT2D eigenvalue weighted by Gasteiger charge is -2.38. The summed E-state index contributed by atoms with van der Waals surface area (Å²) in [5, 5.41) is 3.29. The molecule has 2 aliphatic heterocycles. The van der Waals surface area contributed by atoms with Gasteiger partial charge in [-0.1, -0.05) is 20.8 Å². The van der Waals surface area contributed by atoms with E-state index in [1.165, 1.54) is 0 Å². The normalized spacial score (nSPS) is 21.0. The molecule has 4 rings (SSSR count). The highest BCUT2D eigenvalue weighted by atomic mass is 16.2. The average molecular weight is 400 g/mol. The molecule has 2 aromatic heterocycles. The fraction of sp³-hybridized carbons (Fsp3) is 0.682. The maximum absolute atomic E-state index is 13.1. The van der Waals surface area contributed by atoms with Crippen LogP contribution in [0.4, 0.5) is 0 Å². The fourth-order valence-electron chi connectivity index (χ4n) is 4.57. The molecular formula is C22H33N5O2. The summed E-state index contributed by atoms with van der Waals surface area (Å²) in [4.78, 5) is 35.3. The first-order chi connectivity index (χ1) is 13.7. The minimum absolute atomic E-state index is 0.00386. The Labute approximate surface area is 172 Å². The fourth-order valence-corrected chi connectivity index (χ4v) is 4.57. The molecule has 0 aromatic carbocycles. The molecule has 0 saturated carbocycles. The summed E-state index contributed by atoms with van der Waals surface area (Å²) < 4.78 is 1.58. The van der Waals surface area contributed by atoms with Crippen LogP contribution in [0.3, 0.4) is 0 Å². The highest BCUT2D eigenvalue weighted by Crippen LogP contribution is 2.34. The minimum atomic E-state index is -0.421. The van der Waals surface area contributed by atoms with Gasteiger partial charge in [-0.15, -0.1) is 0 Å². The van der Waals surface area contributed by atoms with Crippen LogP contribution in [0.5, 0.6) is 0 Å². The molecule has 7 nitrogen and oxygen atoms in total. The van der Waals surface area contributed by atoms with E-state index in [1.807, 2.05) is 31.7 Å². The molecule has 1 atom stereocenters. The van der Waals surface area contributed by atoms with E-state index in [4.69, 9.17) is 4.98 Å². The molecule has 2 aromatic rings. The molecule has 1 saturated heterocycles. The standard InChI is InChI=1S/C22H33N5O2/c1-14(2)25-11-9-15-17(13-25)23-19-12-16(24-27(19)20(15)28)18-8-6-7-10-26(18)21(29)22(3,4)5/h12,14,18,24H,6-11,13H2,1-5H3. The van der Waals surface area contributed by atoms with Crippen LogP contribution in [-0.4, -0.2) is 49.4 Å². The number of likely N-dealkylation sites (tertiary alicyclic amines) is 1. The van der Waals surface area contributed by atoms with Crippen molar-refractivity contribution in [2.24, 2.45) is 5.41 Å². The third-order valence-corrected chi connectivity index (χ3v) is 6.31. The molecule has 4 heterocycles. The maximum atomic E-state index is 13.1. The first kappa shape index (κ1) is 20.1. The third kappa shape index (κ3) is 3.61. The molecule has 2 aliphatic rings. The molecular weight excluding hydrogens is 366 g/mol. The first-order valence-corrected chi connectivity index (χ1v) is 10.9. The summed E-state index contributed by atoms with van der Waals surface area (Å²) in [5.41, 5.74) is 2.86. The third-order valence-electron chi connectivity index (χ3n) is 6.31. The van der Waals surface area contributed by atoms with Crippen LogP contribution in [-0.2, 0) is 17.8 Å². The Morgan fingerprint density at radius 3 is 2.69 bits per heavy atom. The number of aromatic nitrogens is 3. The Kier molecular flexibility index (Phi) is 5.05. The lowest BCUT2D eigenvalue weighted by molar-refractivity contribution is -0.143.